The Morgan fingerprint density at radius 3 is 2.50 bits per heavy atom. The predicted molar refractivity (Wildman–Crippen MR) is 99.9 cm³/mol. The van der Waals surface area contributed by atoms with Crippen LogP contribution in [-0.2, 0) is 21.2 Å². The highest BCUT2D eigenvalue weighted by Gasteiger charge is 2.27. The van der Waals surface area contributed by atoms with Crippen molar-refractivity contribution in [2.24, 2.45) is 0 Å². The number of hydrogen-bond acceptors (Lipinski definition) is 6. The second-order valence-corrected chi connectivity index (χ2v) is 8.18. The van der Waals surface area contributed by atoms with E-state index >= 15 is 0 Å². The van der Waals surface area contributed by atoms with Crippen LogP contribution in [0.2, 0.25) is 0 Å². The minimum atomic E-state index is -3.38. The van der Waals surface area contributed by atoms with Crippen molar-refractivity contribution in [3.05, 3.63) is 58.9 Å². The fourth-order valence-electron chi connectivity index (χ4n) is 2.98. The average molecular weight is 407 g/mol. The Morgan fingerprint density at radius 2 is 1.86 bits per heavy atom. The summed E-state index contributed by atoms with van der Waals surface area (Å²) in [4.78, 5) is 24.3. The quantitative estimate of drug-likeness (QED) is 0.539. The maximum absolute atomic E-state index is 13.7. The zero-order valence-electron chi connectivity index (χ0n) is 15.3. The molecule has 0 bridgehead atoms. The van der Waals surface area contributed by atoms with Crippen molar-refractivity contribution in [3.63, 3.8) is 0 Å². The molecule has 0 spiro atoms. The van der Waals surface area contributed by atoms with Gasteiger partial charge in [0.1, 0.15) is 0 Å². The summed E-state index contributed by atoms with van der Waals surface area (Å²) in [5.41, 5.74) is 1.51. The van der Waals surface area contributed by atoms with E-state index < -0.39 is 34.2 Å². The topological polar surface area (TPSA) is 90.0 Å². The lowest BCUT2D eigenvalue weighted by atomic mass is 10.1. The molecule has 2 aromatic rings. The number of benzene rings is 2. The van der Waals surface area contributed by atoms with Gasteiger partial charge in [-0.2, -0.15) is 0 Å². The van der Waals surface area contributed by atoms with Gasteiger partial charge in [-0.05, 0) is 48.4 Å². The van der Waals surface area contributed by atoms with E-state index in [1.165, 1.54) is 29.6 Å². The van der Waals surface area contributed by atoms with Crippen LogP contribution in [0.5, 0.6) is 5.75 Å². The van der Waals surface area contributed by atoms with Crippen LogP contribution in [0.3, 0.4) is 0 Å². The van der Waals surface area contributed by atoms with E-state index in [0.29, 0.717) is 24.2 Å². The molecular formula is C19H18FNO6S. The fraction of sp³-hybridized carbons (Fsp3) is 0.263. The number of halogens is 1. The van der Waals surface area contributed by atoms with Crippen LogP contribution in [0.1, 0.15) is 26.3 Å². The normalized spacial score (nSPS) is 13.2. The summed E-state index contributed by atoms with van der Waals surface area (Å²) >= 11 is 0. The van der Waals surface area contributed by atoms with Crippen molar-refractivity contribution in [1.82, 2.24) is 0 Å². The highest BCUT2D eigenvalue weighted by Crippen LogP contribution is 2.30. The third kappa shape index (κ3) is 3.99. The van der Waals surface area contributed by atoms with Gasteiger partial charge < -0.3 is 9.47 Å². The van der Waals surface area contributed by atoms with Crippen molar-refractivity contribution in [2.45, 2.75) is 6.42 Å². The van der Waals surface area contributed by atoms with Crippen molar-refractivity contribution in [3.8, 4) is 5.75 Å². The first-order chi connectivity index (χ1) is 13.2. The Morgan fingerprint density at radius 1 is 1.14 bits per heavy atom. The highest BCUT2D eigenvalue weighted by molar-refractivity contribution is 7.92. The van der Waals surface area contributed by atoms with Gasteiger partial charge in [0, 0.05) is 12.1 Å². The molecule has 9 heteroatoms. The maximum Gasteiger partial charge on any atom is 0.338 e. The summed E-state index contributed by atoms with van der Waals surface area (Å²) in [5, 5.41) is 0. The molecular weight excluding hydrogens is 389 g/mol. The molecule has 0 aliphatic carbocycles. The summed E-state index contributed by atoms with van der Waals surface area (Å²) < 4.78 is 48.3. The van der Waals surface area contributed by atoms with Gasteiger partial charge in [0.05, 0.1) is 24.6 Å². The standard InChI is InChI=1S/C19H18FNO6S/c1-26-18-6-4-13(10-15(18)20)17(22)11-27-19(23)14-3-5-16-12(9-14)7-8-21(16)28(2,24)25/h3-6,9-10H,7-8,11H2,1-2H3. The Balaban J connectivity index is 1.67. The first-order valence-corrected chi connectivity index (χ1v) is 10.2. The lowest BCUT2D eigenvalue weighted by molar-refractivity contribution is 0.0474. The van der Waals surface area contributed by atoms with E-state index in [1.807, 2.05) is 0 Å². The van der Waals surface area contributed by atoms with Gasteiger partial charge >= 0.3 is 5.97 Å². The third-order valence-electron chi connectivity index (χ3n) is 4.38. The van der Waals surface area contributed by atoms with Crippen LogP contribution in [0.15, 0.2) is 36.4 Å². The number of Topliss-reactive ketones (excluding diaryl/α,β-unsaturated/α-hetero) is 1. The minimum Gasteiger partial charge on any atom is -0.494 e. The molecule has 28 heavy (non-hydrogen) atoms. The van der Waals surface area contributed by atoms with E-state index in [9.17, 15) is 22.4 Å². The van der Waals surface area contributed by atoms with Gasteiger partial charge in [-0.25, -0.2) is 17.6 Å². The predicted octanol–water partition coefficient (Wildman–Crippen LogP) is 2.20. The van der Waals surface area contributed by atoms with E-state index in [0.717, 1.165) is 12.3 Å². The lowest BCUT2D eigenvalue weighted by Crippen LogP contribution is -2.27. The van der Waals surface area contributed by atoms with E-state index in [2.05, 4.69) is 0 Å². The molecule has 0 fully saturated rings. The molecule has 1 aliphatic heterocycles. The minimum absolute atomic E-state index is 0.00910. The first kappa shape index (κ1) is 19.8. The molecule has 148 valence electrons. The van der Waals surface area contributed by atoms with E-state index in [4.69, 9.17) is 9.47 Å². The number of ketones is 1. The van der Waals surface area contributed by atoms with Gasteiger partial charge in [0.25, 0.3) is 0 Å². The van der Waals surface area contributed by atoms with Gasteiger partial charge in [-0.3, -0.25) is 9.10 Å². The highest BCUT2D eigenvalue weighted by atomic mass is 32.2. The number of ether oxygens (including phenoxy) is 2. The second-order valence-electron chi connectivity index (χ2n) is 6.28. The van der Waals surface area contributed by atoms with Gasteiger partial charge in [-0.1, -0.05) is 0 Å². The van der Waals surface area contributed by atoms with Crippen molar-refractivity contribution < 1.29 is 31.9 Å². The van der Waals surface area contributed by atoms with E-state index in [1.54, 1.807) is 12.1 Å². The summed E-state index contributed by atoms with van der Waals surface area (Å²) in [6, 6.07) is 8.26. The van der Waals surface area contributed by atoms with Crippen molar-refractivity contribution >= 4 is 27.5 Å². The van der Waals surface area contributed by atoms with Crippen molar-refractivity contribution in [1.29, 1.82) is 0 Å². The number of anilines is 1. The van der Waals surface area contributed by atoms with Gasteiger partial charge in [0.15, 0.2) is 24.0 Å². The fourth-order valence-corrected chi connectivity index (χ4v) is 3.94. The van der Waals surface area contributed by atoms with Crippen LogP contribution in [0, 0.1) is 5.82 Å². The van der Waals surface area contributed by atoms with Gasteiger partial charge in [0.2, 0.25) is 10.0 Å². The van der Waals surface area contributed by atoms with Crippen LogP contribution in [0.4, 0.5) is 10.1 Å². The summed E-state index contributed by atoms with van der Waals surface area (Å²) in [5.74, 6) is -1.95. The first-order valence-electron chi connectivity index (χ1n) is 8.35. The largest absolute Gasteiger partial charge is 0.494 e. The monoisotopic (exact) mass is 407 g/mol. The molecule has 1 heterocycles. The van der Waals surface area contributed by atoms with Crippen LogP contribution in [0.25, 0.3) is 0 Å². The molecule has 0 aromatic heterocycles. The Bertz CT molecular complexity index is 1050. The average Bonchev–Trinajstić information content (AvgIpc) is 3.09. The molecule has 0 amide bonds. The molecule has 3 rings (SSSR count). The Labute approximate surface area is 161 Å². The number of sulfonamides is 1. The van der Waals surface area contributed by atoms with Gasteiger partial charge in [-0.15, -0.1) is 0 Å². The number of esters is 1. The summed E-state index contributed by atoms with van der Waals surface area (Å²) in [6.45, 7) is -0.231. The lowest BCUT2D eigenvalue weighted by Gasteiger charge is -2.16. The molecule has 0 radical (unpaired) electrons. The summed E-state index contributed by atoms with van der Waals surface area (Å²) in [7, 11) is -2.06. The van der Waals surface area contributed by atoms with Crippen LogP contribution < -0.4 is 9.04 Å². The van der Waals surface area contributed by atoms with E-state index in [-0.39, 0.29) is 16.9 Å². The molecule has 0 unspecified atom stereocenters. The smallest absolute Gasteiger partial charge is 0.338 e. The molecule has 0 atom stereocenters. The SMILES string of the molecule is COc1ccc(C(=O)COC(=O)c2ccc3c(c2)CCN3S(C)(=O)=O)cc1F. The molecule has 2 aromatic carbocycles. The molecule has 0 N–H and O–H groups in total. The number of carbonyl (C=O) groups is 2. The Kier molecular flexibility index (Phi) is 5.37. The maximum atomic E-state index is 13.7. The number of methoxy groups -OCH3 is 1. The molecule has 0 saturated heterocycles. The van der Waals surface area contributed by atoms with Crippen LogP contribution in [-0.4, -0.2) is 46.7 Å². The molecule has 0 saturated carbocycles. The number of fused-ring (bicyclic) bond motifs is 1. The molecule has 7 nitrogen and oxygen atoms in total. The number of hydrogen-bond donors (Lipinski definition) is 0. The number of rotatable bonds is 6. The Hall–Kier alpha value is -2.94. The molecule has 1 aliphatic rings. The van der Waals surface area contributed by atoms with Crippen molar-refractivity contribution in [2.75, 3.05) is 30.8 Å². The second kappa shape index (κ2) is 7.59. The number of carbonyl (C=O) groups excluding carboxylic acids is 2. The zero-order chi connectivity index (χ0) is 20.5. The zero-order valence-corrected chi connectivity index (χ0v) is 16.1. The summed E-state index contributed by atoms with van der Waals surface area (Å²) in [6.07, 6.45) is 1.60. The third-order valence-corrected chi connectivity index (χ3v) is 5.56. The number of nitrogens with zero attached hydrogens (tertiary/aromatic N) is 1. The van der Waals surface area contributed by atoms with Crippen LogP contribution >= 0.6 is 0 Å².